The van der Waals surface area contributed by atoms with Crippen LogP contribution in [0.5, 0.6) is 0 Å². The van der Waals surface area contributed by atoms with Crippen molar-refractivity contribution in [3.8, 4) is 0 Å². The van der Waals surface area contributed by atoms with Crippen LogP contribution < -0.4 is 5.32 Å². The van der Waals surface area contributed by atoms with Gasteiger partial charge in [-0.15, -0.1) is 23.7 Å². The summed E-state index contributed by atoms with van der Waals surface area (Å²) in [4.78, 5) is 17.1. The molecule has 6 nitrogen and oxygen atoms in total. The Morgan fingerprint density at radius 2 is 1.76 bits per heavy atom. The van der Waals surface area contributed by atoms with E-state index >= 15 is 0 Å². The molecule has 0 aliphatic carbocycles. The number of hydrogen-bond donors (Lipinski definition) is 1. The highest BCUT2D eigenvalue weighted by atomic mass is 35.5. The van der Waals surface area contributed by atoms with Gasteiger partial charge in [0.25, 0.3) is 0 Å². The first-order valence-corrected chi connectivity index (χ1v) is 13.5. The Hall–Kier alpha value is -1.94. The molecule has 180 valence electrons. The third-order valence-corrected chi connectivity index (χ3v) is 9.44. The fourth-order valence-electron chi connectivity index (χ4n) is 4.27. The van der Waals surface area contributed by atoms with E-state index in [0.29, 0.717) is 18.1 Å². The first-order chi connectivity index (χ1) is 15.9. The first kappa shape index (κ1) is 25.2. The molecule has 1 amide bonds. The topological polar surface area (TPSA) is 69.7 Å². The minimum absolute atomic E-state index is 0. The molecule has 2 aliphatic rings. The third kappa shape index (κ3) is 5.17. The van der Waals surface area contributed by atoms with E-state index < -0.39 is 10.0 Å². The Labute approximate surface area is 214 Å². The first-order valence-electron chi connectivity index (χ1n) is 10.9. The average Bonchev–Trinajstić information content (AvgIpc) is 3.25. The molecule has 2 aliphatic heterocycles. The van der Waals surface area contributed by atoms with E-state index in [4.69, 9.17) is 11.6 Å². The molecule has 0 saturated carbocycles. The van der Waals surface area contributed by atoms with Crippen LogP contribution >= 0.6 is 35.3 Å². The molecule has 0 atom stereocenters. The van der Waals surface area contributed by atoms with Gasteiger partial charge in [0.05, 0.1) is 4.90 Å². The van der Waals surface area contributed by atoms with Crippen molar-refractivity contribution in [2.45, 2.75) is 17.9 Å². The standard InChI is InChI=1S/C24H24ClN3O3S2.ClH/c25-20-3-1-18-15-22(5-2-17(18)13-20)33(30,31)28-11-9-27(10-12-28)24(29)6-4-21-14-19-16-26-8-7-23(19)32-21;/h1-6,13-15,26H,7-12,16H2;1H/b6-4+;. The van der Waals surface area contributed by atoms with E-state index in [-0.39, 0.29) is 36.3 Å². The zero-order valence-corrected chi connectivity index (χ0v) is 21.6. The van der Waals surface area contributed by atoms with E-state index in [1.54, 1.807) is 46.6 Å². The SMILES string of the molecule is Cl.O=C(/C=C/c1cc2c(s1)CCNC2)N1CCN(S(=O)(=O)c2ccc3cc(Cl)ccc3c2)CC1. The molecule has 5 rings (SSSR count). The second-order valence-corrected chi connectivity index (χ2v) is 11.8. The molecule has 2 aromatic carbocycles. The minimum Gasteiger partial charge on any atom is -0.337 e. The van der Waals surface area contributed by atoms with Crippen LogP contribution in [0.2, 0.25) is 5.02 Å². The Morgan fingerprint density at radius 3 is 2.53 bits per heavy atom. The molecule has 0 spiro atoms. The molecule has 1 aromatic heterocycles. The number of nitrogens with one attached hydrogen (secondary N) is 1. The highest BCUT2D eigenvalue weighted by Gasteiger charge is 2.29. The molecule has 0 radical (unpaired) electrons. The van der Waals surface area contributed by atoms with E-state index in [1.807, 2.05) is 18.2 Å². The van der Waals surface area contributed by atoms with Crippen molar-refractivity contribution < 1.29 is 13.2 Å². The molecule has 1 N–H and O–H groups in total. The number of amides is 1. The van der Waals surface area contributed by atoms with E-state index in [2.05, 4.69) is 11.4 Å². The second-order valence-electron chi connectivity index (χ2n) is 8.24. The summed E-state index contributed by atoms with van der Waals surface area (Å²) in [6.45, 7) is 3.18. The van der Waals surface area contributed by atoms with Crippen molar-refractivity contribution in [2.24, 2.45) is 0 Å². The lowest BCUT2D eigenvalue weighted by atomic mass is 10.1. The van der Waals surface area contributed by atoms with Gasteiger partial charge in [-0.1, -0.05) is 23.7 Å². The summed E-state index contributed by atoms with van der Waals surface area (Å²) in [7, 11) is -3.63. The van der Waals surface area contributed by atoms with Gasteiger partial charge in [0.15, 0.2) is 0 Å². The maximum absolute atomic E-state index is 13.2. The van der Waals surface area contributed by atoms with Crippen LogP contribution in [0.4, 0.5) is 0 Å². The van der Waals surface area contributed by atoms with Gasteiger partial charge in [0.2, 0.25) is 15.9 Å². The van der Waals surface area contributed by atoms with Crippen LogP contribution in [-0.2, 0) is 27.8 Å². The number of rotatable bonds is 4. The molecular formula is C24H25Cl2N3O3S2. The minimum atomic E-state index is -3.63. The number of benzene rings is 2. The van der Waals surface area contributed by atoms with Crippen molar-refractivity contribution in [2.75, 3.05) is 32.7 Å². The van der Waals surface area contributed by atoms with Crippen molar-refractivity contribution in [3.63, 3.8) is 0 Å². The predicted molar refractivity (Wildman–Crippen MR) is 140 cm³/mol. The molecule has 34 heavy (non-hydrogen) atoms. The predicted octanol–water partition coefficient (Wildman–Crippen LogP) is 4.17. The van der Waals surface area contributed by atoms with Crippen molar-refractivity contribution in [1.29, 1.82) is 0 Å². The molecule has 10 heteroatoms. The summed E-state index contributed by atoms with van der Waals surface area (Å²) in [5.74, 6) is -0.0841. The van der Waals surface area contributed by atoms with E-state index in [9.17, 15) is 13.2 Å². The number of thiophene rings is 1. The fourth-order valence-corrected chi connectivity index (χ4v) is 7.00. The second kappa shape index (κ2) is 10.4. The normalized spacial score (nSPS) is 17.0. The number of halogens is 2. The number of hydrogen-bond acceptors (Lipinski definition) is 5. The van der Waals surface area contributed by atoms with Gasteiger partial charge in [-0.2, -0.15) is 4.31 Å². The lowest BCUT2D eigenvalue weighted by Crippen LogP contribution is -2.50. The van der Waals surface area contributed by atoms with Crippen LogP contribution in [0, 0.1) is 0 Å². The van der Waals surface area contributed by atoms with Gasteiger partial charge in [0.1, 0.15) is 0 Å². The number of fused-ring (bicyclic) bond motifs is 2. The number of carbonyl (C=O) groups excluding carboxylic acids is 1. The maximum atomic E-state index is 13.2. The molecule has 0 unspecified atom stereocenters. The highest BCUT2D eigenvalue weighted by molar-refractivity contribution is 7.89. The van der Waals surface area contributed by atoms with E-state index in [1.165, 1.54) is 14.7 Å². The van der Waals surface area contributed by atoms with Gasteiger partial charge in [-0.3, -0.25) is 4.79 Å². The maximum Gasteiger partial charge on any atom is 0.246 e. The summed E-state index contributed by atoms with van der Waals surface area (Å²) in [5, 5.41) is 5.69. The zero-order chi connectivity index (χ0) is 23.0. The number of nitrogens with zero attached hydrogens (tertiary/aromatic N) is 2. The number of sulfonamides is 1. The van der Waals surface area contributed by atoms with Gasteiger partial charge >= 0.3 is 0 Å². The van der Waals surface area contributed by atoms with Crippen LogP contribution in [0.25, 0.3) is 16.8 Å². The summed E-state index contributed by atoms with van der Waals surface area (Å²) in [5.41, 5.74) is 1.31. The average molecular weight is 539 g/mol. The molecule has 0 bridgehead atoms. The summed E-state index contributed by atoms with van der Waals surface area (Å²) >= 11 is 7.76. The molecular weight excluding hydrogens is 513 g/mol. The Bertz CT molecular complexity index is 1320. The van der Waals surface area contributed by atoms with Crippen molar-refractivity contribution in [1.82, 2.24) is 14.5 Å². The molecule has 1 saturated heterocycles. The van der Waals surface area contributed by atoms with Gasteiger partial charge in [-0.25, -0.2) is 8.42 Å². The number of carbonyl (C=O) groups is 1. The number of piperazine rings is 1. The largest absolute Gasteiger partial charge is 0.337 e. The smallest absolute Gasteiger partial charge is 0.246 e. The quantitative estimate of drug-likeness (QED) is 0.507. The zero-order valence-electron chi connectivity index (χ0n) is 18.4. The van der Waals surface area contributed by atoms with Crippen LogP contribution in [-0.4, -0.2) is 56.3 Å². The van der Waals surface area contributed by atoms with E-state index in [0.717, 1.165) is 35.2 Å². The molecule has 1 fully saturated rings. The van der Waals surface area contributed by atoms with Gasteiger partial charge in [0, 0.05) is 60.1 Å². The monoisotopic (exact) mass is 537 g/mol. The van der Waals surface area contributed by atoms with Crippen LogP contribution in [0.1, 0.15) is 15.3 Å². The Balaban J connectivity index is 0.00000274. The lowest BCUT2D eigenvalue weighted by Gasteiger charge is -2.33. The summed E-state index contributed by atoms with van der Waals surface area (Å²) < 4.78 is 27.8. The third-order valence-electron chi connectivity index (χ3n) is 6.11. The Morgan fingerprint density at radius 1 is 1.03 bits per heavy atom. The highest BCUT2D eigenvalue weighted by Crippen LogP contribution is 2.27. The fraction of sp³-hybridized carbons (Fsp3) is 0.292. The summed E-state index contributed by atoms with van der Waals surface area (Å²) in [6.07, 6.45) is 4.50. The van der Waals surface area contributed by atoms with Crippen molar-refractivity contribution in [3.05, 3.63) is 68.9 Å². The Kier molecular flexibility index (Phi) is 7.66. The van der Waals surface area contributed by atoms with Crippen LogP contribution in [0.15, 0.2) is 53.4 Å². The molecule has 3 aromatic rings. The molecule has 3 heterocycles. The summed E-state index contributed by atoms with van der Waals surface area (Å²) in [6, 6.07) is 12.6. The van der Waals surface area contributed by atoms with Gasteiger partial charge < -0.3 is 10.2 Å². The van der Waals surface area contributed by atoms with Gasteiger partial charge in [-0.05, 0) is 59.2 Å². The van der Waals surface area contributed by atoms with Crippen LogP contribution in [0.3, 0.4) is 0 Å². The lowest BCUT2D eigenvalue weighted by molar-refractivity contribution is -0.127. The van der Waals surface area contributed by atoms with Crippen molar-refractivity contribution >= 4 is 68.1 Å².